The quantitative estimate of drug-likeness (QED) is 0.483. The van der Waals surface area contributed by atoms with Crippen LogP contribution >= 0.6 is 11.3 Å². The Morgan fingerprint density at radius 2 is 1.90 bits per heavy atom. The molecule has 0 bridgehead atoms. The molecule has 2 heterocycles. The van der Waals surface area contributed by atoms with Crippen LogP contribution in [0.25, 0.3) is 16.3 Å². The topological polar surface area (TPSA) is 93.6 Å². The van der Waals surface area contributed by atoms with Crippen molar-refractivity contribution in [3.8, 4) is 0 Å². The molecule has 1 atom stereocenters. The van der Waals surface area contributed by atoms with Gasteiger partial charge in [0.25, 0.3) is 5.91 Å². The molecular weight excluding hydrogens is 436 g/mol. The minimum Gasteiger partial charge on any atom is -0.452 e. The van der Waals surface area contributed by atoms with E-state index in [0.29, 0.717) is 11.4 Å². The van der Waals surface area contributed by atoms with Gasteiger partial charge in [-0.15, -0.1) is 11.3 Å². The number of hydrogen-bond acceptors (Lipinski definition) is 7. The lowest BCUT2D eigenvalue weighted by atomic mass is 9.93. The maximum Gasteiger partial charge on any atom is 0.331 e. The minimum absolute atomic E-state index is 0.000690. The number of para-hydroxylation sites is 1. The third kappa shape index (κ3) is 5.51. The highest BCUT2D eigenvalue weighted by Gasteiger charge is 2.38. The lowest BCUT2D eigenvalue weighted by Gasteiger charge is -2.38. The van der Waals surface area contributed by atoms with Crippen LogP contribution in [-0.2, 0) is 24.2 Å². The van der Waals surface area contributed by atoms with E-state index in [1.807, 2.05) is 24.3 Å². The van der Waals surface area contributed by atoms with Crippen molar-refractivity contribution >= 4 is 49.3 Å². The smallest absolute Gasteiger partial charge is 0.331 e. The van der Waals surface area contributed by atoms with Crippen LogP contribution in [0.15, 0.2) is 30.3 Å². The van der Waals surface area contributed by atoms with E-state index in [-0.39, 0.29) is 36.1 Å². The molecule has 4 rings (SSSR count). The van der Waals surface area contributed by atoms with Crippen molar-refractivity contribution in [3.63, 3.8) is 0 Å². The Morgan fingerprint density at radius 1 is 1.13 bits per heavy atom. The van der Waals surface area contributed by atoms with E-state index in [1.165, 1.54) is 17.4 Å². The first-order valence-electron chi connectivity index (χ1n) is 10.6. The van der Waals surface area contributed by atoms with Crippen LogP contribution < -0.4 is 0 Å². The largest absolute Gasteiger partial charge is 0.452 e. The molecule has 1 aromatic heterocycles. The number of benzene rings is 1. The molecular formula is C22H26N2O5S2. The average Bonchev–Trinajstić information content (AvgIpc) is 3.34. The summed E-state index contributed by atoms with van der Waals surface area (Å²) < 4.78 is 30.1. The number of esters is 1. The Balaban J connectivity index is 1.37. The summed E-state index contributed by atoms with van der Waals surface area (Å²) in [5, 5.41) is 0.685. The molecule has 7 nitrogen and oxygen atoms in total. The number of rotatable bonds is 6. The molecule has 0 N–H and O–H groups in total. The highest BCUT2D eigenvalue weighted by Crippen LogP contribution is 2.28. The zero-order valence-electron chi connectivity index (χ0n) is 17.2. The summed E-state index contributed by atoms with van der Waals surface area (Å²) in [4.78, 5) is 31.2. The zero-order chi connectivity index (χ0) is 21.8. The molecule has 9 heteroatoms. The minimum atomic E-state index is -3.11. The van der Waals surface area contributed by atoms with Gasteiger partial charge in [-0.05, 0) is 37.5 Å². The van der Waals surface area contributed by atoms with Crippen molar-refractivity contribution in [2.24, 2.45) is 0 Å². The highest BCUT2D eigenvalue weighted by atomic mass is 32.2. The van der Waals surface area contributed by atoms with E-state index in [2.05, 4.69) is 4.98 Å². The summed E-state index contributed by atoms with van der Waals surface area (Å²) in [6, 6.07) is 7.41. The highest BCUT2D eigenvalue weighted by molar-refractivity contribution is 7.91. The fourth-order valence-corrected chi connectivity index (χ4v) is 7.00. The fourth-order valence-electron chi connectivity index (χ4n) is 4.42. The van der Waals surface area contributed by atoms with Gasteiger partial charge in [-0.25, -0.2) is 18.2 Å². The van der Waals surface area contributed by atoms with Gasteiger partial charge >= 0.3 is 5.97 Å². The van der Waals surface area contributed by atoms with E-state index in [9.17, 15) is 18.0 Å². The molecule has 1 saturated carbocycles. The van der Waals surface area contributed by atoms with Crippen molar-refractivity contribution in [2.75, 3.05) is 18.1 Å². The molecule has 1 aliphatic carbocycles. The number of carbonyl (C=O) groups excluding carboxylic acids is 2. The van der Waals surface area contributed by atoms with Crippen LogP contribution in [0.3, 0.4) is 0 Å². The SMILES string of the molecule is O=C(/C=C/c1nc2ccccc2s1)OCC(=O)N(C1CCCCC1)[C@@H]1CCS(=O)(=O)C1. The fraction of sp³-hybridized carbons (Fsp3) is 0.500. The van der Waals surface area contributed by atoms with E-state index in [0.717, 1.165) is 42.3 Å². The van der Waals surface area contributed by atoms with Gasteiger partial charge in [-0.1, -0.05) is 31.4 Å². The first-order valence-corrected chi connectivity index (χ1v) is 13.3. The van der Waals surface area contributed by atoms with Crippen molar-refractivity contribution in [2.45, 2.75) is 50.6 Å². The van der Waals surface area contributed by atoms with Crippen molar-refractivity contribution in [1.82, 2.24) is 9.88 Å². The molecule has 1 amide bonds. The number of hydrogen-bond donors (Lipinski definition) is 0. The molecule has 0 radical (unpaired) electrons. The molecule has 1 saturated heterocycles. The second-order valence-electron chi connectivity index (χ2n) is 8.11. The lowest BCUT2D eigenvalue weighted by molar-refractivity contribution is -0.151. The maximum absolute atomic E-state index is 13.0. The number of ether oxygens (including phenoxy) is 1. The normalized spacial score (nSPS) is 21.5. The van der Waals surface area contributed by atoms with Crippen LogP contribution in [0.2, 0.25) is 0 Å². The first-order chi connectivity index (χ1) is 14.9. The van der Waals surface area contributed by atoms with Crippen molar-refractivity contribution < 1.29 is 22.7 Å². The average molecular weight is 463 g/mol. The number of sulfone groups is 1. The Labute approximate surface area is 186 Å². The summed E-state index contributed by atoms with van der Waals surface area (Å²) in [6.45, 7) is -0.379. The Hall–Kier alpha value is -2.26. The number of fused-ring (bicyclic) bond motifs is 1. The number of nitrogens with zero attached hydrogens (tertiary/aromatic N) is 2. The summed E-state index contributed by atoms with van der Waals surface area (Å²) >= 11 is 1.47. The monoisotopic (exact) mass is 462 g/mol. The molecule has 0 spiro atoms. The van der Waals surface area contributed by atoms with Gasteiger partial charge in [0.2, 0.25) is 0 Å². The molecule has 2 fully saturated rings. The summed E-state index contributed by atoms with van der Waals surface area (Å²) in [6.07, 6.45) is 8.23. The van der Waals surface area contributed by atoms with E-state index >= 15 is 0 Å². The van der Waals surface area contributed by atoms with Gasteiger partial charge in [0, 0.05) is 18.2 Å². The van der Waals surface area contributed by atoms with Crippen LogP contribution in [0, 0.1) is 0 Å². The molecule has 0 unspecified atom stereocenters. The van der Waals surface area contributed by atoms with Gasteiger partial charge in [0.05, 0.1) is 21.7 Å². The summed E-state index contributed by atoms with van der Waals surface area (Å²) in [5.74, 6) is -0.814. The van der Waals surface area contributed by atoms with Gasteiger partial charge in [0.15, 0.2) is 16.4 Å². The van der Waals surface area contributed by atoms with E-state index in [1.54, 1.807) is 11.0 Å². The third-order valence-corrected chi connectivity index (χ3v) is 8.62. The zero-order valence-corrected chi connectivity index (χ0v) is 18.9. The van der Waals surface area contributed by atoms with Crippen LogP contribution in [0.4, 0.5) is 0 Å². The summed E-state index contributed by atoms with van der Waals surface area (Å²) in [5.41, 5.74) is 0.866. The van der Waals surface area contributed by atoms with Crippen LogP contribution in [0.1, 0.15) is 43.5 Å². The predicted octanol–water partition coefficient (Wildman–Crippen LogP) is 3.20. The van der Waals surface area contributed by atoms with Gasteiger partial charge < -0.3 is 9.64 Å². The summed E-state index contributed by atoms with van der Waals surface area (Å²) in [7, 11) is -3.11. The molecule has 1 aliphatic heterocycles. The van der Waals surface area contributed by atoms with Crippen molar-refractivity contribution in [1.29, 1.82) is 0 Å². The molecule has 2 aromatic rings. The van der Waals surface area contributed by atoms with Gasteiger partial charge in [-0.3, -0.25) is 4.79 Å². The van der Waals surface area contributed by atoms with Gasteiger partial charge in [-0.2, -0.15) is 0 Å². The number of carbonyl (C=O) groups is 2. The van der Waals surface area contributed by atoms with Crippen LogP contribution in [0.5, 0.6) is 0 Å². The Bertz CT molecular complexity index is 1050. The van der Waals surface area contributed by atoms with Gasteiger partial charge in [0.1, 0.15) is 5.01 Å². The number of amides is 1. The van der Waals surface area contributed by atoms with Crippen molar-refractivity contribution in [3.05, 3.63) is 35.3 Å². The van der Waals surface area contributed by atoms with E-state index < -0.39 is 15.8 Å². The Kier molecular flexibility index (Phi) is 6.71. The number of thiazole rings is 1. The molecule has 166 valence electrons. The number of aromatic nitrogens is 1. The Morgan fingerprint density at radius 3 is 2.61 bits per heavy atom. The standard InChI is InChI=1S/C22H26N2O5S2/c25-21(24(16-6-2-1-3-7-16)17-12-13-31(27,28)15-17)14-29-22(26)11-10-20-23-18-8-4-5-9-19(18)30-20/h4-5,8-11,16-17H,1-3,6-7,12-15H2/b11-10+/t17-/m1/s1. The first kappa shape index (κ1) is 22.0. The maximum atomic E-state index is 13.0. The second-order valence-corrected chi connectivity index (χ2v) is 11.4. The lowest BCUT2D eigenvalue weighted by Crippen LogP contribution is -2.50. The molecule has 1 aromatic carbocycles. The molecule has 31 heavy (non-hydrogen) atoms. The van der Waals surface area contributed by atoms with E-state index in [4.69, 9.17) is 4.74 Å². The third-order valence-electron chi connectivity index (χ3n) is 5.87. The molecule has 2 aliphatic rings. The predicted molar refractivity (Wildman–Crippen MR) is 120 cm³/mol. The van der Waals surface area contributed by atoms with Crippen LogP contribution in [-0.4, -0.2) is 60.4 Å². The second kappa shape index (κ2) is 9.48.